The van der Waals surface area contributed by atoms with Crippen LogP contribution < -0.4 is 0 Å². The van der Waals surface area contributed by atoms with Crippen molar-refractivity contribution in [1.29, 1.82) is 0 Å². The molecule has 1 aromatic rings. The molecule has 3 aliphatic rings. The van der Waals surface area contributed by atoms with E-state index in [4.69, 9.17) is 0 Å². The predicted octanol–water partition coefficient (Wildman–Crippen LogP) is 1.63. The Balaban J connectivity index is 2.16. The number of allylic oxidation sites excluding steroid dienone is 2. The third-order valence-corrected chi connectivity index (χ3v) is 3.50. The summed E-state index contributed by atoms with van der Waals surface area (Å²) in [7, 11) is 0. The number of fused-ring (bicyclic) bond motifs is 1. The topological polar surface area (TPSA) is 39.1 Å². The van der Waals surface area contributed by atoms with Crippen LogP contribution >= 0.6 is 0 Å². The van der Waals surface area contributed by atoms with Gasteiger partial charge >= 0.3 is 0 Å². The van der Waals surface area contributed by atoms with Crippen LogP contribution in [0, 0.1) is 0 Å². The van der Waals surface area contributed by atoms with Crippen LogP contribution in [0.4, 0.5) is 0 Å². The second-order valence-corrected chi connectivity index (χ2v) is 4.24. The number of carbonyl (C=O) groups excluding carboxylic acids is 2. The fourth-order valence-corrected chi connectivity index (χ4v) is 2.82. The smallest absolute Gasteiger partial charge is 0.217 e. The summed E-state index contributed by atoms with van der Waals surface area (Å²) < 4.78 is 1.55. The second kappa shape index (κ2) is 2.92. The van der Waals surface area contributed by atoms with Gasteiger partial charge in [0.05, 0.1) is 0 Å². The van der Waals surface area contributed by atoms with Crippen molar-refractivity contribution >= 4 is 12.7 Å². The molecule has 0 aliphatic heterocycles. The van der Waals surface area contributed by atoms with E-state index in [0.29, 0.717) is 5.92 Å². The molecule has 0 saturated carbocycles. The average molecular weight is 201 g/mol. The maximum absolute atomic E-state index is 10.9. The molecule has 3 heteroatoms. The summed E-state index contributed by atoms with van der Waals surface area (Å²) in [4.78, 5) is 21.6. The highest BCUT2D eigenvalue weighted by Gasteiger charge is 2.34. The summed E-state index contributed by atoms with van der Waals surface area (Å²) in [5, 5.41) is 0. The third-order valence-electron chi connectivity index (χ3n) is 3.50. The maximum Gasteiger partial charge on any atom is 0.217 e. The average Bonchev–Trinajstić information content (AvgIpc) is 2.74. The molecule has 2 unspecified atom stereocenters. The molecule has 0 aromatic carbocycles. The van der Waals surface area contributed by atoms with Gasteiger partial charge < -0.3 is 0 Å². The Morgan fingerprint density at radius 2 is 2.00 bits per heavy atom. The Labute approximate surface area is 87.4 Å². The Hall–Kier alpha value is -1.64. The Kier molecular flexibility index (Phi) is 1.69. The summed E-state index contributed by atoms with van der Waals surface area (Å²) >= 11 is 0. The second-order valence-electron chi connectivity index (χ2n) is 4.24. The van der Waals surface area contributed by atoms with Crippen molar-refractivity contribution in [3.63, 3.8) is 0 Å². The van der Waals surface area contributed by atoms with Crippen molar-refractivity contribution < 1.29 is 9.59 Å². The molecule has 2 atom stereocenters. The van der Waals surface area contributed by atoms with E-state index in [1.165, 1.54) is 11.1 Å². The predicted molar refractivity (Wildman–Crippen MR) is 55.4 cm³/mol. The van der Waals surface area contributed by atoms with Crippen LogP contribution in [0.3, 0.4) is 0 Å². The zero-order valence-corrected chi connectivity index (χ0v) is 8.22. The molecule has 3 nitrogen and oxygen atoms in total. The lowest BCUT2D eigenvalue weighted by Gasteiger charge is -2.33. The number of carbonyl (C=O) groups is 2. The summed E-state index contributed by atoms with van der Waals surface area (Å²) in [5.74, 6) is 0.565. The van der Waals surface area contributed by atoms with Crippen molar-refractivity contribution in [3.8, 4) is 0 Å². The van der Waals surface area contributed by atoms with Crippen LogP contribution in [-0.2, 0) is 9.59 Å². The summed E-state index contributed by atoms with van der Waals surface area (Å²) in [6.07, 6.45) is 9.69. The molecule has 0 amide bonds. The van der Waals surface area contributed by atoms with Gasteiger partial charge in [0.25, 0.3) is 0 Å². The largest absolute Gasteiger partial charge is 0.298 e. The normalized spacial score (nSPS) is 27.1. The SMILES string of the molecule is O=CC1=CC2CCC1c1cn(C=O)cc12. The Bertz CT molecular complexity index is 470. The molecule has 0 saturated heterocycles. The fraction of sp³-hybridized carbons (Fsp3) is 0.333. The number of hydrogen-bond acceptors (Lipinski definition) is 2. The van der Waals surface area contributed by atoms with Crippen LogP contribution in [0.15, 0.2) is 24.0 Å². The number of nitrogens with zero attached hydrogens (tertiary/aromatic N) is 1. The van der Waals surface area contributed by atoms with Crippen LogP contribution in [0.25, 0.3) is 0 Å². The quantitative estimate of drug-likeness (QED) is 0.682. The van der Waals surface area contributed by atoms with Crippen molar-refractivity contribution in [3.05, 3.63) is 35.2 Å². The van der Waals surface area contributed by atoms with Crippen LogP contribution in [0.5, 0.6) is 0 Å². The third kappa shape index (κ3) is 1.06. The number of aromatic nitrogens is 1. The zero-order valence-electron chi connectivity index (χ0n) is 8.22. The Morgan fingerprint density at radius 3 is 2.73 bits per heavy atom. The van der Waals surface area contributed by atoms with Crippen LogP contribution in [0.2, 0.25) is 0 Å². The molecule has 0 spiro atoms. The Morgan fingerprint density at radius 1 is 1.20 bits per heavy atom. The molecule has 3 aliphatic carbocycles. The molecule has 0 radical (unpaired) electrons. The van der Waals surface area contributed by atoms with E-state index in [-0.39, 0.29) is 5.92 Å². The van der Waals surface area contributed by atoms with Crippen molar-refractivity contribution in [2.24, 2.45) is 0 Å². The van der Waals surface area contributed by atoms with E-state index in [1.54, 1.807) is 4.57 Å². The summed E-state index contributed by atoms with van der Waals surface area (Å²) in [6.45, 7) is 0. The van der Waals surface area contributed by atoms with Gasteiger partial charge in [-0.2, -0.15) is 0 Å². The van der Waals surface area contributed by atoms with E-state index in [9.17, 15) is 9.59 Å². The monoisotopic (exact) mass is 201 g/mol. The van der Waals surface area contributed by atoms with Gasteiger partial charge in [0.1, 0.15) is 6.29 Å². The first-order valence-corrected chi connectivity index (χ1v) is 5.17. The molecule has 1 heterocycles. The standard InChI is InChI=1S/C12H11NO2/c14-6-9-3-8-1-2-10(9)12-5-13(7-15)4-11(8)12/h3-8,10H,1-2H2. The lowest BCUT2D eigenvalue weighted by atomic mass is 9.70. The van der Waals surface area contributed by atoms with Gasteiger partial charge in [-0.25, -0.2) is 0 Å². The lowest BCUT2D eigenvalue weighted by Crippen LogP contribution is -2.20. The molecular formula is C12H11NO2. The maximum atomic E-state index is 10.9. The van der Waals surface area contributed by atoms with Gasteiger partial charge in [0, 0.05) is 24.2 Å². The molecule has 0 N–H and O–H groups in total. The molecule has 76 valence electrons. The lowest BCUT2D eigenvalue weighted by molar-refractivity contribution is -0.105. The number of aldehydes is 1. The van der Waals surface area contributed by atoms with E-state index in [1.807, 2.05) is 12.4 Å². The van der Waals surface area contributed by atoms with Gasteiger partial charge in [0.15, 0.2) is 0 Å². The first kappa shape index (κ1) is 8.65. The minimum Gasteiger partial charge on any atom is -0.298 e. The van der Waals surface area contributed by atoms with Gasteiger partial charge in [-0.15, -0.1) is 0 Å². The highest BCUT2D eigenvalue weighted by molar-refractivity contribution is 5.78. The van der Waals surface area contributed by atoms with E-state index in [0.717, 1.165) is 31.1 Å². The first-order chi connectivity index (χ1) is 7.33. The molecule has 2 bridgehead atoms. The fourth-order valence-electron chi connectivity index (χ4n) is 2.82. The molecular weight excluding hydrogens is 190 g/mol. The zero-order chi connectivity index (χ0) is 10.4. The first-order valence-electron chi connectivity index (χ1n) is 5.17. The summed E-state index contributed by atoms with van der Waals surface area (Å²) in [5.41, 5.74) is 3.29. The van der Waals surface area contributed by atoms with E-state index < -0.39 is 0 Å². The van der Waals surface area contributed by atoms with Gasteiger partial charge in [0.2, 0.25) is 6.41 Å². The number of hydrogen-bond donors (Lipinski definition) is 0. The van der Waals surface area contributed by atoms with Crippen molar-refractivity contribution in [2.75, 3.05) is 0 Å². The van der Waals surface area contributed by atoms with Crippen molar-refractivity contribution in [2.45, 2.75) is 24.7 Å². The van der Waals surface area contributed by atoms with Crippen LogP contribution in [-0.4, -0.2) is 17.3 Å². The summed E-state index contributed by atoms with van der Waals surface area (Å²) in [6, 6.07) is 0. The minimum absolute atomic E-state index is 0.226. The van der Waals surface area contributed by atoms with Crippen LogP contribution in [0.1, 0.15) is 35.8 Å². The molecule has 15 heavy (non-hydrogen) atoms. The molecule has 0 fully saturated rings. The van der Waals surface area contributed by atoms with Gasteiger partial charge in [-0.3, -0.25) is 14.2 Å². The molecule has 1 aromatic heterocycles. The van der Waals surface area contributed by atoms with Gasteiger partial charge in [-0.05, 0) is 29.5 Å². The minimum atomic E-state index is 0.226. The van der Waals surface area contributed by atoms with Gasteiger partial charge in [-0.1, -0.05) is 6.08 Å². The van der Waals surface area contributed by atoms with Crippen molar-refractivity contribution in [1.82, 2.24) is 4.57 Å². The van der Waals surface area contributed by atoms with E-state index >= 15 is 0 Å². The molecule has 4 rings (SSSR count). The highest BCUT2D eigenvalue weighted by atomic mass is 16.1. The highest BCUT2D eigenvalue weighted by Crippen LogP contribution is 2.48. The van der Waals surface area contributed by atoms with E-state index in [2.05, 4.69) is 6.08 Å². The number of rotatable bonds is 2.